The number of benzene rings is 1. The highest BCUT2D eigenvalue weighted by Crippen LogP contribution is 2.28. The van der Waals surface area contributed by atoms with Gasteiger partial charge in [-0.1, -0.05) is 30.3 Å². The summed E-state index contributed by atoms with van der Waals surface area (Å²) < 4.78 is 0. The van der Waals surface area contributed by atoms with E-state index in [4.69, 9.17) is 0 Å². The first-order valence-corrected chi connectivity index (χ1v) is 5.55. The van der Waals surface area contributed by atoms with Crippen molar-refractivity contribution in [1.29, 1.82) is 0 Å². The molecule has 3 nitrogen and oxygen atoms in total. The van der Waals surface area contributed by atoms with Crippen LogP contribution in [0.25, 0.3) is 0 Å². The van der Waals surface area contributed by atoms with E-state index in [-0.39, 0.29) is 18.0 Å². The van der Waals surface area contributed by atoms with Crippen LogP contribution >= 0.6 is 0 Å². The van der Waals surface area contributed by atoms with Gasteiger partial charge in [-0.2, -0.15) is 0 Å². The molecule has 1 saturated heterocycles. The second kappa shape index (κ2) is 4.47. The van der Waals surface area contributed by atoms with Crippen LogP contribution in [-0.2, 0) is 9.59 Å². The van der Waals surface area contributed by atoms with Crippen molar-refractivity contribution in [1.82, 2.24) is 4.90 Å². The zero-order valence-electron chi connectivity index (χ0n) is 9.30. The molecule has 1 aliphatic rings. The molecule has 0 bridgehead atoms. The van der Waals surface area contributed by atoms with E-state index in [0.717, 1.165) is 11.8 Å². The van der Waals surface area contributed by atoms with Crippen molar-refractivity contribution in [2.75, 3.05) is 0 Å². The lowest BCUT2D eigenvalue weighted by Gasteiger charge is -2.28. The molecule has 0 saturated carbocycles. The predicted molar refractivity (Wildman–Crippen MR) is 60.8 cm³/mol. The molecule has 3 heteroatoms. The molecule has 0 aromatic heterocycles. The molecule has 1 aromatic carbocycles. The molecule has 0 radical (unpaired) electrons. The first-order chi connectivity index (χ1) is 7.74. The van der Waals surface area contributed by atoms with Crippen LogP contribution in [0.3, 0.4) is 0 Å². The summed E-state index contributed by atoms with van der Waals surface area (Å²) in [6.45, 7) is 1.97. The van der Waals surface area contributed by atoms with Crippen molar-refractivity contribution < 1.29 is 9.59 Å². The van der Waals surface area contributed by atoms with Gasteiger partial charge in [0.1, 0.15) is 6.29 Å². The molecular weight excluding hydrogens is 202 g/mol. The number of amides is 1. The average Bonchev–Trinajstić information content (AvgIpc) is 2.70. The number of nitrogens with zero attached hydrogens (tertiary/aromatic N) is 1. The standard InChI is InChI=1S/C13H15NO2/c1-10(11-5-3-2-4-6-11)14-12(9-15)7-8-13(14)16/h2-6,9-10,12H,7-8H2,1H3/t10-,12-/m1/s1. The van der Waals surface area contributed by atoms with Gasteiger partial charge in [0.15, 0.2) is 0 Å². The third-order valence-electron chi connectivity index (χ3n) is 3.16. The zero-order valence-corrected chi connectivity index (χ0v) is 9.30. The fourth-order valence-corrected chi connectivity index (χ4v) is 2.25. The lowest BCUT2D eigenvalue weighted by molar-refractivity contribution is -0.133. The summed E-state index contributed by atoms with van der Waals surface area (Å²) in [5, 5.41) is 0. The van der Waals surface area contributed by atoms with Crippen molar-refractivity contribution in [3.05, 3.63) is 35.9 Å². The van der Waals surface area contributed by atoms with Crippen LogP contribution in [0.1, 0.15) is 31.4 Å². The lowest BCUT2D eigenvalue weighted by atomic mass is 10.1. The average molecular weight is 217 g/mol. The third kappa shape index (κ3) is 1.85. The second-order valence-electron chi connectivity index (χ2n) is 4.13. The Morgan fingerprint density at radius 2 is 2.06 bits per heavy atom. The number of carbonyl (C=O) groups excluding carboxylic acids is 2. The lowest BCUT2D eigenvalue weighted by Crippen LogP contribution is -2.36. The maximum Gasteiger partial charge on any atom is 0.223 e. The quantitative estimate of drug-likeness (QED) is 0.725. The Bertz CT molecular complexity index is 388. The molecule has 1 amide bonds. The van der Waals surface area contributed by atoms with Gasteiger partial charge in [-0.15, -0.1) is 0 Å². The van der Waals surface area contributed by atoms with E-state index < -0.39 is 0 Å². The van der Waals surface area contributed by atoms with E-state index in [1.165, 1.54) is 0 Å². The fourth-order valence-electron chi connectivity index (χ4n) is 2.25. The zero-order chi connectivity index (χ0) is 11.5. The molecule has 2 rings (SSSR count). The second-order valence-corrected chi connectivity index (χ2v) is 4.13. The Morgan fingerprint density at radius 3 is 2.69 bits per heavy atom. The van der Waals surface area contributed by atoms with Gasteiger partial charge in [-0.25, -0.2) is 0 Å². The monoisotopic (exact) mass is 217 g/mol. The molecule has 16 heavy (non-hydrogen) atoms. The highest BCUT2D eigenvalue weighted by Gasteiger charge is 2.34. The molecule has 0 spiro atoms. The summed E-state index contributed by atoms with van der Waals surface area (Å²) in [5.74, 6) is 0.0773. The summed E-state index contributed by atoms with van der Waals surface area (Å²) in [5.41, 5.74) is 1.07. The van der Waals surface area contributed by atoms with Crippen molar-refractivity contribution in [3.63, 3.8) is 0 Å². The molecule has 1 fully saturated rings. The molecule has 1 aliphatic heterocycles. The maximum absolute atomic E-state index is 11.7. The Labute approximate surface area is 95.1 Å². The highest BCUT2D eigenvalue weighted by molar-refractivity contribution is 5.83. The predicted octanol–water partition coefficient (Wildman–Crippen LogP) is 1.94. The Hall–Kier alpha value is -1.64. The topological polar surface area (TPSA) is 37.4 Å². The molecule has 0 unspecified atom stereocenters. The van der Waals surface area contributed by atoms with E-state index in [2.05, 4.69) is 0 Å². The fraction of sp³-hybridized carbons (Fsp3) is 0.385. The van der Waals surface area contributed by atoms with Crippen LogP contribution in [-0.4, -0.2) is 23.1 Å². The number of hydrogen-bond acceptors (Lipinski definition) is 2. The third-order valence-corrected chi connectivity index (χ3v) is 3.16. The van der Waals surface area contributed by atoms with E-state index in [9.17, 15) is 9.59 Å². The Morgan fingerprint density at radius 1 is 1.38 bits per heavy atom. The Balaban J connectivity index is 2.23. The molecule has 1 heterocycles. The number of aldehydes is 1. The summed E-state index contributed by atoms with van der Waals surface area (Å²) in [4.78, 5) is 24.3. The van der Waals surface area contributed by atoms with Crippen LogP contribution in [0.15, 0.2) is 30.3 Å². The molecule has 0 N–H and O–H groups in total. The minimum Gasteiger partial charge on any atom is -0.326 e. The molecule has 84 valence electrons. The summed E-state index contributed by atoms with van der Waals surface area (Å²) >= 11 is 0. The summed E-state index contributed by atoms with van der Waals surface area (Å²) in [6, 6.07) is 9.54. The summed E-state index contributed by atoms with van der Waals surface area (Å²) in [7, 11) is 0. The van der Waals surface area contributed by atoms with Gasteiger partial charge in [0, 0.05) is 6.42 Å². The van der Waals surface area contributed by atoms with Crippen LogP contribution in [0, 0.1) is 0 Å². The number of carbonyl (C=O) groups is 2. The van der Waals surface area contributed by atoms with Crippen molar-refractivity contribution in [2.45, 2.75) is 31.8 Å². The van der Waals surface area contributed by atoms with Crippen LogP contribution in [0.2, 0.25) is 0 Å². The molecule has 1 aromatic rings. The van der Waals surface area contributed by atoms with Gasteiger partial charge in [-0.3, -0.25) is 4.79 Å². The first-order valence-electron chi connectivity index (χ1n) is 5.55. The molecular formula is C13H15NO2. The Kier molecular flexibility index (Phi) is 3.04. The number of hydrogen-bond donors (Lipinski definition) is 0. The van der Waals surface area contributed by atoms with E-state index in [0.29, 0.717) is 12.8 Å². The van der Waals surface area contributed by atoms with Crippen LogP contribution in [0.4, 0.5) is 0 Å². The van der Waals surface area contributed by atoms with Crippen molar-refractivity contribution in [3.8, 4) is 0 Å². The van der Waals surface area contributed by atoms with Crippen molar-refractivity contribution in [2.24, 2.45) is 0 Å². The number of likely N-dealkylation sites (tertiary alicyclic amines) is 1. The van der Waals surface area contributed by atoms with Gasteiger partial charge in [0.05, 0.1) is 12.1 Å². The van der Waals surface area contributed by atoms with Gasteiger partial charge >= 0.3 is 0 Å². The van der Waals surface area contributed by atoms with Crippen LogP contribution in [0.5, 0.6) is 0 Å². The minimum absolute atomic E-state index is 0.0219. The van der Waals surface area contributed by atoms with Crippen LogP contribution < -0.4 is 0 Å². The van der Waals surface area contributed by atoms with Gasteiger partial charge in [0.2, 0.25) is 5.91 Å². The number of rotatable bonds is 3. The molecule has 2 atom stereocenters. The molecule has 0 aliphatic carbocycles. The van der Waals surface area contributed by atoms with E-state index in [1.807, 2.05) is 37.3 Å². The van der Waals surface area contributed by atoms with E-state index >= 15 is 0 Å². The summed E-state index contributed by atoms with van der Waals surface area (Å²) in [6.07, 6.45) is 2.02. The van der Waals surface area contributed by atoms with Gasteiger partial charge in [0.25, 0.3) is 0 Å². The maximum atomic E-state index is 11.7. The highest BCUT2D eigenvalue weighted by atomic mass is 16.2. The van der Waals surface area contributed by atoms with Gasteiger partial charge < -0.3 is 9.69 Å². The van der Waals surface area contributed by atoms with Crippen molar-refractivity contribution >= 4 is 12.2 Å². The van der Waals surface area contributed by atoms with Gasteiger partial charge in [-0.05, 0) is 18.9 Å². The minimum atomic E-state index is -0.247. The smallest absolute Gasteiger partial charge is 0.223 e. The normalized spacial score (nSPS) is 22.2. The van der Waals surface area contributed by atoms with E-state index in [1.54, 1.807) is 4.90 Å². The largest absolute Gasteiger partial charge is 0.326 e. The first kappa shape index (κ1) is 10.9. The SMILES string of the molecule is C[C@H](c1ccccc1)N1C(=O)CC[C@@H]1C=O.